The molecule has 2 heterocycles. The van der Waals surface area contributed by atoms with E-state index in [0.29, 0.717) is 12.3 Å². The molecule has 1 aliphatic heterocycles. The molecule has 0 atom stereocenters. The van der Waals surface area contributed by atoms with Crippen molar-refractivity contribution in [2.45, 2.75) is 32.6 Å². The van der Waals surface area contributed by atoms with Crippen LogP contribution in [0.3, 0.4) is 0 Å². The highest BCUT2D eigenvalue weighted by Crippen LogP contribution is 2.20. The van der Waals surface area contributed by atoms with Gasteiger partial charge in [0.2, 0.25) is 5.91 Å². The lowest BCUT2D eigenvalue weighted by Gasteiger charge is -2.22. The molecule has 1 aliphatic rings. The topological polar surface area (TPSA) is 69.8 Å². The number of halogens is 2. The van der Waals surface area contributed by atoms with Crippen molar-refractivity contribution in [1.29, 1.82) is 0 Å². The van der Waals surface area contributed by atoms with Gasteiger partial charge < -0.3 is 15.6 Å². The Morgan fingerprint density at radius 2 is 2.04 bits per heavy atom. The number of aromatic nitrogens is 2. The predicted octanol–water partition coefficient (Wildman–Crippen LogP) is 3.43. The molecule has 128 valence electrons. The fraction of sp³-hybridized carbons (Fsp3) is 0.500. The number of H-pyrrole nitrogens is 1. The van der Waals surface area contributed by atoms with Gasteiger partial charge in [-0.1, -0.05) is 0 Å². The van der Waals surface area contributed by atoms with E-state index < -0.39 is 0 Å². The van der Waals surface area contributed by atoms with Gasteiger partial charge in [0.05, 0.1) is 11.0 Å². The Kier molecular flexibility index (Phi) is 7.82. The summed E-state index contributed by atoms with van der Waals surface area (Å²) >= 11 is 0. The quantitative estimate of drug-likeness (QED) is 0.783. The molecular formula is C16H24Cl2N4O. The lowest BCUT2D eigenvalue weighted by molar-refractivity contribution is -0.116. The third kappa shape index (κ3) is 5.37. The first-order chi connectivity index (χ1) is 10.2. The number of benzene rings is 1. The van der Waals surface area contributed by atoms with Crippen molar-refractivity contribution in [1.82, 2.24) is 15.3 Å². The van der Waals surface area contributed by atoms with Crippen molar-refractivity contribution >= 4 is 47.4 Å². The Bertz CT molecular complexity index is 638. The maximum absolute atomic E-state index is 12.0. The average Bonchev–Trinajstić information content (AvgIpc) is 2.85. The third-order valence-electron chi connectivity index (χ3n) is 4.12. The molecule has 2 aromatic rings. The summed E-state index contributed by atoms with van der Waals surface area (Å²) in [4.78, 5) is 19.6. The van der Waals surface area contributed by atoms with E-state index in [1.54, 1.807) is 0 Å². The summed E-state index contributed by atoms with van der Waals surface area (Å²) in [6.07, 6.45) is 3.96. The largest absolute Gasteiger partial charge is 0.342 e. The highest BCUT2D eigenvalue weighted by atomic mass is 35.5. The molecule has 1 saturated heterocycles. The average molecular weight is 359 g/mol. The number of aryl methyl sites for hydroxylation is 1. The maximum Gasteiger partial charge on any atom is 0.224 e. The molecule has 1 aromatic heterocycles. The zero-order valence-corrected chi connectivity index (χ0v) is 14.9. The number of fused-ring (bicyclic) bond motifs is 1. The molecular weight excluding hydrogens is 335 g/mol. The van der Waals surface area contributed by atoms with Crippen molar-refractivity contribution in [2.24, 2.45) is 5.92 Å². The molecule has 0 bridgehead atoms. The summed E-state index contributed by atoms with van der Waals surface area (Å²) < 4.78 is 0. The fourth-order valence-electron chi connectivity index (χ4n) is 2.94. The number of amides is 1. The van der Waals surface area contributed by atoms with Crippen LogP contribution in [0.15, 0.2) is 18.2 Å². The Morgan fingerprint density at radius 1 is 1.30 bits per heavy atom. The van der Waals surface area contributed by atoms with Gasteiger partial charge in [0.15, 0.2) is 0 Å². The fourth-order valence-corrected chi connectivity index (χ4v) is 2.94. The van der Waals surface area contributed by atoms with Gasteiger partial charge in [-0.2, -0.15) is 0 Å². The highest BCUT2D eigenvalue weighted by molar-refractivity contribution is 5.93. The first kappa shape index (κ1) is 19.7. The second kappa shape index (κ2) is 9.11. The number of rotatable bonds is 4. The summed E-state index contributed by atoms with van der Waals surface area (Å²) in [6, 6.07) is 5.78. The standard InChI is InChI=1S/C16H22N4O.2ClH/c1-11-18-14-4-3-13(10-15(14)19-11)20-16(21)5-2-12-6-8-17-9-7-12;;/h3-4,10,12,17H,2,5-9H2,1H3,(H,18,19)(H,20,21);2*1H. The molecule has 0 unspecified atom stereocenters. The van der Waals surface area contributed by atoms with Gasteiger partial charge in [-0.15, -0.1) is 24.8 Å². The number of hydrogen-bond donors (Lipinski definition) is 3. The van der Waals surface area contributed by atoms with E-state index >= 15 is 0 Å². The summed E-state index contributed by atoms with van der Waals surface area (Å²) in [5, 5.41) is 6.33. The van der Waals surface area contributed by atoms with Crippen LogP contribution in [0.5, 0.6) is 0 Å². The smallest absolute Gasteiger partial charge is 0.224 e. The molecule has 3 rings (SSSR count). The van der Waals surface area contributed by atoms with Gasteiger partial charge in [0.1, 0.15) is 5.82 Å². The summed E-state index contributed by atoms with van der Waals surface area (Å²) in [5.74, 6) is 1.68. The minimum absolute atomic E-state index is 0. The second-order valence-corrected chi connectivity index (χ2v) is 5.83. The van der Waals surface area contributed by atoms with E-state index in [1.165, 1.54) is 12.8 Å². The molecule has 3 N–H and O–H groups in total. The van der Waals surface area contributed by atoms with Gasteiger partial charge in [-0.05, 0) is 63.4 Å². The number of imidazole rings is 1. The van der Waals surface area contributed by atoms with Crippen LogP contribution in [-0.4, -0.2) is 29.0 Å². The Morgan fingerprint density at radius 3 is 2.78 bits per heavy atom. The summed E-state index contributed by atoms with van der Waals surface area (Å²) in [7, 11) is 0. The minimum atomic E-state index is 0. The molecule has 1 fully saturated rings. The lowest BCUT2D eigenvalue weighted by Crippen LogP contribution is -2.28. The first-order valence-electron chi connectivity index (χ1n) is 7.67. The zero-order chi connectivity index (χ0) is 14.7. The van der Waals surface area contributed by atoms with E-state index in [4.69, 9.17) is 0 Å². The molecule has 0 saturated carbocycles. The van der Waals surface area contributed by atoms with Crippen LogP contribution >= 0.6 is 24.8 Å². The number of hydrogen-bond acceptors (Lipinski definition) is 3. The lowest BCUT2D eigenvalue weighted by atomic mass is 9.93. The van der Waals surface area contributed by atoms with E-state index in [9.17, 15) is 4.79 Å². The van der Waals surface area contributed by atoms with Crippen LogP contribution in [0, 0.1) is 12.8 Å². The van der Waals surface area contributed by atoms with Crippen molar-refractivity contribution in [3.05, 3.63) is 24.0 Å². The monoisotopic (exact) mass is 358 g/mol. The Balaban J connectivity index is 0.00000132. The van der Waals surface area contributed by atoms with Gasteiger partial charge >= 0.3 is 0 Å². The van der Waals surface area contributed by atoms with Gasteiger partial charge in [-0.25, -0.2) is 4.98 Å². The van der Waals surface area contributed by atoms with E-state index in [1.807, 2.05) is 25.1 Å². The van der Waals surface area contributed by atoms with Crippen molar-refractivity contribution in [2.75, 3.05) is 18.4 Å². The maximum atomic E-state index is 12.0. The minimum Gasteiger partial charge on any atom is -0.342 e. The van der Waals surface area contributed by atoms with Crippen molar-refractivity contribution in [3.63, 3.8) is 0 Å². The van der Waals surface area contributed by atoms with Gasteiger partial charge in [0.25, 0.3) is 0 Å². The first-order valence-corrected chi connectivity index (χ1v) is 7.67. The molecule has 0 radical (unpaired) electrons. The number of carbonyl (C=O) groups is 1. The normalized spacial score (nSPS) is 14.8. The number of anilines is 1. The number of carbonyl (C=O) groups excluding carboxylic acids is 1. The van der Waals surface area contributed by atoms with Crippen LogP contribution in [-0.2, 0) is 4.79 Å². The SMILES string of the molecule is Cc1nc2ccc(NC(=O)CCC3CCNCC3)cc2[nH]1.Cl.Cl. The van der Waals surface area contributed by atoms with Crippen molar-refractivity contribution < 1.29 is 4.79 Å². The van der Waals surface area contributed by atoms with E-state index in [2.05, 4.69) is 20.6 Å². The molecule has 5 nitrogen and oxygen atoms in total. The number of nitrogens with one attached hydrogen (secondary N) is 3. The van der Waals surface area contributed by atoms with Crippen LogP contribution in [0.25, 0.3) is 11.0 Å². The Labute approximate surface area is 148 Å². The number of aromatic amines is 1. The zero-order valence-electron chi connectivity index (χ0n) is 13.2. The van der Waals surface area contributed by atoms with Crippen LogP contribution in [0.2, 0.25) is 0 Å². The molecule has 0 aliphatic carbocycles. The van der Waals surface area contributed by atoms with Crippen LogP contribution in [0.4, 0.5) is 5.69 Å². The Hall–Kier alpha value is -1.30. The second-order valence-electron chi connectivity index (χ2n) is 5.83. The summed E-state index contributed by atoms with van der Waals surface area (Å²) in [6.45, 7) is 4.10. The molecule has 7 heteroatoms. The van der Waals surface area contributed by atoms with E-state index in [0.717, 1.165) is 42.1 Å². The van der Waals surface area contributed by atoms with Gasteiger partial charge in [-0.3, -0.25) is 4.79 Å². The third-order valence-corrected chi connectivity index (χ3v) is 4.12. The van der Waals surface area contributed by atoms with Crippen LogP contribution in [0.1, 0.15) is 31.5 Å². The molecule has 1 amide bonds. The van der Waals surface area contributed by atoms with Crippen molar-refractivity contribution in [3.8, 4) is 0 Å². The molecule has 0 spiro atoms. The number of nitrogens with zero attached hydrogens (tertiary/aromatic N) is 1. The number of piperidine rings is 1. The van der Waals surface area contributed by atoms with E-state index in [-0.39, 0.29) is 30.7 Å². The predicted molar refractivity (Wildman–Crippen MR) is 98.8 cm³/mol. The molecule has 23 heavy (non-hydrogen) atoms. The highest BCUT2D eigenvalue weighted by Gasteiger charge is 2.14. The van der Waals surface area contributed by atoms with Crippen LogP contribution < -0.4 is 10.6 Å². The summed E-state index contributed by atoms with van der Waals surface area (Å²) in [5.41, 5.74) is 2.73. The van der Waals surface area contributed by atoms with Gasteiger partial charge in [0, 0.05) is 12.1 Å². The molecule has 1 aromatic carbocycles.